The number of halogens is 1. The van der Waals surface area contributed by atoms with Gasteiger partial charge in [-0.2, -0.15) is 0 Å². The van der Waals surface area contributed by atoms with E-state index in [2.05, 4.69) is 5.32 Å². The molecule has 1 N–H and O–H groups in total. The summed E-state index contributed by atoms with van der Waals surface area (Å²) in [6.07, 6.45) is 0. The highest BCUT2D eigenvalue weighted by atomic mass is 32.2. The molecule has 20 heavy (non-hydrogen) atoms. The molecule has 2 aliphatic rings. The van der Waals surface area contributed by atoms with E-state index in [1.54, 1.807) is 23.9 Å². The molecule has 0 spiro atoms. The molecule has 0 radical (unpaired) electrons. The number of ether oxygens (including phenoxy) is 1. The lowest BCUT2D eigenvalue weighted by atomic mass is 10.0. The minimum atomic E-state index is -0.266. The Kier molecular flexibility index (Phi) is 4.24. The summed E-state index contributed by atoms with van der Waals surface area (Å²) in [7, 11) is 0. The van der Waals surface area contributed by atoms with Crippen LogP contribution in [0.1, 0.15) is 11.6 Å². The van der Waals surface area contributed by atoms with Crippen LogP contribution in [-0.2, 0) is 9.53 Å². The molecular formula is C14H17FN2O2S. The number of nitrogens with zero attached hydrogens (tertiary/aromatic N) is 1. The monoisotopic (exact) mass is 296 g/mol. The number of nitrogens with one attached hydrogen (secondary N) is 1. The predicted octanol–water partition coefficient (Wildman–Crippen LogP) is 1.39. The molecule has 1 aromatic rings. The minimum Gasteiger partial charge on any atom is -0.377 e. The largest absolute Gasteiger partial charge is 0.377 e. The van der Waals surface area contributed by atoms with Crippen molar-refractivity contribution in [3.05, 3.63) is 35.6 Å². The maximum absolute atomic E-state index is 13.0. The van der Waals surface area contributed by atoms with Crippen molar-refractivity contribution >= 4 is 17.7 Å². The van der Waals surface area contributed by atoms with Crippen LogP contribution in [0, 0.1) is 5.82 Å². The average Bonchev–Trinajstić information content (AvgIpc) is 3.02. The van der Waals surface area contributed by atoms with Crippen molar-refractivity contribution in [2.75, 3.05) is 31.4 Å². The number of amides is 1. The first-order valence-electron chi connectivity index (χ1n) is 6.70. The lowest BCUT2D eigenvalue weighted by Gasteiger charge is -2.37. The molecule has 6 heteroatoms. The topological polar surface area (TPSA) is 41.6 Å². The molecule has 2 unspecified atom stereocenters. The normalized spacial score (nSPS) is 26.8. The maximum atomic E-state index is 13.0. The second-order valence-corrected chi connectivity index (χ2v) is 5.98. The first-order valence-corrected chi connectivity index (χ1v) is 7.86. The standard InChI is InChI=1S/C14H17FN2O2S/c15-11-3-1-10(2-4-11)13-7-19-6-5-17(13)14(18)12-8-20-9-16-12/h1-4,12-13,16H,5-9H2. The SMILES string of the molecule is O=C(C1CSCN1)N1CCOCC1c1ccc(F)cc1. The van der Waals surface area contributed by atoms with Crippen molar-refractivity contribution in [3.8, 4) is 0 Å². The fourth-order valence-corrected chi connectivity index (χ4v) is 3.52. The van der Waals surface area contributed by atoms with Gasteiger partial charge in [0.1, 0.15) is 5.82 Å². The van der Waals surface area contributed by atoms with E-state index >= 15 is 0 Å². The number of carbonyl (C=O) groups is 1. The van der Waals surface area contributed by atoms with E-state index in [-0.39, 0.29) is 23.8 Å². The van der Waals surface area contributed by atoms with Crippen molar-refractivity contribution in [1.82, 2.24) is 10.2 Å². The van der Waals surface area contributed by atoms with E-state index in [4.69, 9.17) is 4.74 Å². The van der Waals surface area contributed by atoms with Gasteiger partial charge in [0.15, 0.2) is 0 Å². The van der Waals surface area contributed by atoms with E-state index in [0.717, 1.165) is 17.2 Å². The molecule has 4 nitrogen and oxygen atoms in total. The molecule has 2 fully saturated rings. The number of benzene rings is 1. The van der Waals surface area contributed by atoms with Gasteiger partial charge in [0.2, 0.25) is 5.91 Å². The summed E-state index contributed by atoms with van der Waals surface area (Å²) < 4.78 is 18.5. The van der Waals surface area contributed by atoms with E-state index in [0.29, 0.717) is 19.8 Å². The van der Waals surface area contributed by atoms with Crippen LogP contribution in [0.5, 0.6) is 0 Å². The Labute approximate surface area is 121 Å². The molecule has 108 valence electrons. The Hall–Kier alpha value is -1.11. The van der Waals surface area contributed by atoms with Crippen LogP contribution in [0.3, 0.4) is 0 Å². The molecule has 0 aliphatic carbocycles. The molecule has 0 aromatic heterocycles. The molecule has 3 rings (SSSR count). The van der Waals surface area contributed by atoms with Crippen molar-refractivity contribution in [3.63, 3.8) is 0 Å². The fourth-order valence-electron chi connectivity index (χ4n) is 2.58. The van der Waals surface area contributed by atoms with Crippen molar-refractivity contribution < 1.29 is 13.9 Å². The fraction of sp³-hybridized carbons (Fsp3) is 0.500. The maximum Gasteiger partial charge on any atom is 0.241 e. The smallest absolute Gasteiger partial charge is 0.241 e. The highest BCUT2D eigenvalue weighted by Gasteiger charge is 2.34. The zero-order valence-corrected chi connectivity index (χ0v) is 11.9. The summed E-state index contributed by atoms with van der Waals surface area (Å²) in [5, 5.41) is 3.21. The van der Waals surface area contributed by atoms with Gasteiger partial charge >= 0.3 is 0 Å². The third kappa shape index (κ3) is 2.82. The van der Waals surface area contributed by atoms with E-state index < -0.39 is 0 Å². The Morgan fingerprint density at radius 1 is 1.40 bits per heavy atom. The molecule has 2 atom stereocenters. The lowest BCUT2D eigenvalue weighted by Crippen LogP contribution is -2.50. The number of morpholine rings is 1. The molecule has 0 bridgehead atoms. The van der Waals surface area contributed by atoms with E-state index in [9.17, 15) is 9.18 Å². The summed E-state index contributed by atoms with van der Waals surface area (Å²) >= 11 is 1.73. The quantitative estimate of drug-likeness (QED) is 0.895. The van der Waals surface area contributed by atoms with Gasteiger partial charge in [-0.15, -0.1) is 11.8 Å². The Morgan fingerprint density at radius 2 is 2.20 bits per heavy atom. The van der Waals surface area contributed by atoms with Gasteiger partial charge in [-0.1, -0.05) is 12.1 Å². The molecule has 0 saturated carbocycles. The molecule has 2 saturated heterocycles. The van der Waals surface area contributed by atoms with Gasteiger partial charge in [-0.3, -0.25) is 10.1 Å². The van der Waals surface area contributed by atoms with Crippen molar-refractivity contribution in [1.29, 1.82) is 0 Å². The predicted molar refractivity (Wildman–Crippen MR) is 75.9 cm³/mol. The number of hydrogen-bond donors (Lipinski definition) is 1. The molecule has 1 amide bonds. The van der Waals surface area contributed by atoms with Crippen LogP contribution >= 0.6 is 11.8 Å². The third-order valence-electron chi connectivity index (χ3n) is 3.68. The number of rotatable bonds is 2. The molecular weight excluding hydrogens is 279 g/mol. The Balaban J connectivity index is 1.79. The van der Waals surface area contributed by atoms with Crippen LogP contribution in [-0.4, -0.2) is 48.2 Å². The summed E-state index contributed by atoms with van der Waals surface area (Å²) in [5.74, 6) is 1.48. The zero-order chi connectivity index (χ0) is 13.9. The number of carbonyl (C=O) groups excluding carboxylic acids is 1. The highest BCUT2D eigenvalue weighted by Crippen LogP contribution is 2.26. The second-order valence-electron chi connectivity index (χ2n) is 4.95. The second kappa shape index (κ2) is 6.11. The van der Waals surface area contributed by atoms with Gasteiger partial charge < -0.3 is 9.64 Å². The Morgan fingerprint density at radius 3 is 2.90 bits per heavy atom. The van der Waals surface area contributed by atoms with Crippen LogP contribution in [0.4, 0.5) is 4.39 Å². The average molecular weight is 296 g/mol. The highest BCUT2D eigenvalue weighted by molar-refractivity contribution is 7.99. The van der Waals surface area contributed by atoms with Gasteiger partial charge in [0.25, 0.3) is 0 Å². The van der Waals surface area contributed by atoms with Crippen molar-refractivity contribution in [2.24, 2.45) is 0 Å². The van der Waals surface area contributed by atoms with Crippen LogP contribution in [0.25, 0.3) is 0 Å². The van der Waals surface area contributed by atoms with Gasteiger partial charge in [0, 0.05) is 18.2 Å². The van der Waals surface area contributed by atoms with Crippen LogP contribution in [0.15, 0.2) is 24.3 Å². The van der Waals surface area contributed by atoms with Gasteiger partial charge in [-0.25, -0.2) is 4.39 Å². The Bertz CT molecular complexity index is 477. The summed E-state index contributed by atoms with van der Waals surface area (Å²) in [4.78, 5) is 14.4. The molecule has 1 aromatic carbocycles. The number of hydrogen-bond acceptors (Lipinski definition) is 4. The summed E-state index contributed by atoms with van der Waals surface area (Å²) in [5.41, 5.74) is 0.921. The lowest BCUT2D eigenvalue weighted by molar-refractivity contribution is -0.141. The van der Waals surface area contributed by atoms with Crippen LogP contribution < -0.4 is 5.32 Å². The first kappa shape index (κ1) is 13.9. The number of thioether (sulfide) groups is 1. The van der Waals surface area contributed by atoms with E-state index in [1.807, 2.05) is 4.90 Å². The first-order chi connectivity index (χ1) is 9.75. The van der Waals surface area contributed by atoms with E-state index in [1.165, 1.54) is 12.1 Å². The van der Waals surface area contributed by atoms with Gasteiger partial charge in [0.05, 0.1) is 25.3 Å². The zero-order valence-electron chi connectivity index (χ0n) is 11.0. The minimum absolute atomic E-state index is 0.110. The summed E-state index contributed by atoms with van der Waals surface area (Å²) in [6, 6.07) is 6.08. The summed E-state index contributed by atoms with van der Waals surface area (Å²) in [6.45, 7) is 1.62. The van der Waals surface area contributed by atoms with Crippen LogP contribution in [0.2, 0.25) is 0 Å². The van der Waals surface area contributed by atoms with Gasteiger partial charge in [-0.05, 0) is 17.7 Å². The molecule has 2 heterocycles. The van der Waals surface area contributed by atoms with Crippen molar-refractivity contribution in [2.45, 2.75) is 12.1 Å². The third-order valence-corrected chi connectivity index (χ3v) is 4.62. The molecule has 2 aliphatic heterocycles.